The number of nitrogens with two attached hydrogens (primary N) is 4. The van der Waals surface area contributed by atoms with Crippen molar-refractivity contribution >= 4 is 70.9 Å². The first kappa shape index (κ1) is 66.0. The highest BCUT2D eigenvalue weighted by atomic mass is 16.4. The summed E-state index contributed by atoms with van der Waals surface area (Å²) in [4.78, 5) is 161. The fraction of sp³-hybridized carbons (Fsp3) is 0.379. The van der Waals surface area contributed by atoms with Gasteiger partial charge in [-0.25, -0.2) is 0 Å². The summed E-state index contributed by atoms with van der Waals surface area (Å²) in [5, 5.41) is 30.0. The van der Waals surface area contributed by atoms with Gasteiger partial charge in [-0.05, 0) is 60.9 Å². The summed E-state index contributed by atoms with van der Waals surface area (Å²) in [5.41, 5.74) is 24.5. The van der Waals surface area contributed by atoms with Gasteiger partial charge in [-0.3, -0.25) is 57.5 Å². The van der Waals surface area contributed by atoms with E-state index in [1.807, 2.05) is 0 Å². The van der Waals surface area contributed by atoms with Crippen LogP contribution in [0.4, 0.5) is 0 Å². The van der Waals surface area contributed by atoms with Gasteiger partial charge in [-0.15, -0.1) is 0 Å². The molecule has 0 aliphatic rings. The predicted octanol–water partition coefficient (Wildman–Crippen LogP) is -1.52. The van der Waals surface area contributed by atoms with Gasteiger partial charge in [0.25, 0.3) is 0 Å². The average molecular weight is 1150 g/mol. The zero-order valence-corrected chi connectivity index (χ0v) is 46.0. The lowest BCUT2D eigenvalue weighted by Gasteiger charge is -2.28. The van der Waals surface area contributed by atoms with Crippen LogP contribution in [0.5, 0.6) is 0 Å². The topological polar surface area (TPSA) is 425 Å². The summed E-state index contributed by atoms with van der Waals surface area (Å²) < 4.78 is 0. The first-order valence-electron chi connectivity index (χ1n) is 26.9. The van der Waals surface area contributed by atoms with E-state index in [1.165, 1.54) is 6.92 Å². The monoisotopic (exact) mass is 1150 g/mol. The van der Waals surface area contributed by atoms with Crippen LogP contribution in [0, 0.1) is 0 Å². The van der Waals surface area contributed by atoms with Crippen molar-refractivity contribution in [3.63, 3.8) is 0 Å². The highest BCUT2D eigenvalue weighted by Crippen LogP contribution is 2.13. The summed E-state index contributed by atoms with van der Waals surface area (Å²) in [5.74, 6) is -11.5. The van der Waals surface area contributed by atoms with Crippen molar-refractivity contribution < 1.29 is 62.6 Å². The van der Waals surface area contributed by atoms with Gasteiger partial charge < -0.3 is 70.6 Å². The smallest absolute Gasteiger partial charge is 0.303 e. The van der Waals surface area contributed by atoms with E-state index in [9.17, 15) is 62.6 Å². The van der Waals surface area contributed by atoms with Crippen LogP contribution >= 0.6 is 0 Å². The van der Waals surface area contributed by atoms with Crippen LogP contribution in [0.25, 0.3) is 0 Å². The average Bonchev–Trinajstić information content (AvgIpc) is 3.47. The van der Waals surface area contributed by atoms with Crippen LogP contribution in [0.3, 0.4) is 0 Å². The van der Waals surface area contributed by atoms with Gasteiger partial charge in [0.05, 0.1) is 6.42 Å². The second-order valence-corrected chi connectivity index (χ2v) is 19.7. The molecule has 4 aromatic rings. The maximum atomic E-state index is 14.5. The molecular formula is C58H74N12O13. The summed E-state index contributed by atoms with van der Waals surface area (Å²) in [7, 11) is 0. The number of rotatable bonds is 36. The number of carboxylic acid groups (broad SMARTS) is 1. The van der Waals surface area contributed by atoms with E-state index in [0.29, 0.717) is 41.6 Å². The van der Waals surface area contributed by atoms with Crippen LogP contribution in [0.1, 0.15) is 80.5 Å². The first-order chi connectivity index (χ1) is 39.6. The standard InChI is InChI=1S/C58H74N12O13/c1-35(71)63-43(30-36-16-6-2-7-17-36)54(79)66-42(26-28-50(74)75)53(78)67-45(32-38-20-10-4-11-21-38)56(81)65-41(25-27-48(60)72)52(77)68-46(33-39-22-12-5-13-23-39)57(82)70-47(34-49(61)73)58(83)69-44(31-37-18-8-3-9-19-37)55(80)64-40(51(62)76)24-14-15-29-59/h2-13,16-23,40-47H,14-15,24-34,59H2,1H3,(H2,60,72)(H2,61,73)(H2,62,76)(H,63,71)(H,64,80)(H,65,81)(H,66,79)(H,67,78)(H,68,77)(H,69,83)(H,70,82)(H,74,75)/t40-,41-,42-,43-,44-,45-,46-,47-/m0/s1. The van der Waals surface area contributed by atoms with Crippen molar-refractivity contribution in [3.05, 3.63) is 144 Å². The second kappa shape index (κ2) is 34.6. The summed E-state index contributed by atoms with van der Waals surface area (Å²) in [6, 6.07) is 21.7. The fourth-order valence-corrected chi connectivity index (χ4v) is 8.67. The molecule has 0 aromatic heterocycles. The summed E-state index contributed by atoms with van der Waals surface area (Å²) >= 11 is 0. The first-order valence-corrected chi connectivity index (χ1v) is 26.9. The van der Waals surface area contributed by atoms with Crippen molar-refractivity contribution in [1.82, 2.24) is 42.5 Å². The number of amides is 11. The van der Waals surface area contributed by atoms with E-state index in [4.69, 9.17) is 22.9 Å². The maximum absolute atomic E-state index is 14.5. The molecular weight excluding hydrogens is 1070 g/mol. The Hall–Kier alpha value is -9.52. The Morgan fingerprint density at radius 1 is 0.373 bits per heavy atom. The maximum Gasteiger partial charge on any atom is 0.303 e. The van der Waals surface area contributed by atoms with E-state index in [-0.39, 0.29) is 32.1 Å². The van der Waals surface area contributed by atoms with E-state index in [2.05, 4.69) is 42.5 Å². The van der Waals surface area contributed by atoms with Gasteiger partial charge in [-0.1, -0.05) is 121 Å². The minimum atomic E-state index is -1.77. The molecule has 0 unspecified atom stereocenters. The molecule has 83 heavy (non-hydrogen) atoms. The third-order valence-electron chi connectivity index (χ3n) is 13.0. The fourth-order valence-electron chi connectivity index (χ4n) is 8.67. The third-order valence-corrected chi connectivity index (χ3v) is 13.0. The lowest BCUT2D eigenvalue weighted by atomic mass is 10.0. The van der Waals surface area contributed by atoms with E-state index >= 15 is 0 Å². The SMILES string of the molecule is CC(=O)N[C@@H](Cc1ccccc1)C(=O)N[C@@H](CCC(=O)O)C(=O)N[C@@H](Cc1ccccc1)C(=O)N[C@@H](CCC(N)=O)C(=O)N[C@@H](Cc1ccccc1)C(=O)N[C@@H](CC(N)=O)C(=O)N[C@@H](Cc1ccccc1)C(=O)N[C@@H](CCCCN)C(N)=O. The number of carboxylic acids is 1. The number of carbonyl (C=O) groups is 12. The van der Waals surface area contributed by atoms with Gasteiger partial charge in [0, 0.05) is 45.4 Å². The van der Waals surface area contributed by atoms with Crippen LogP contribution in [-0.4, -0.2) is 131 Å². The van der Waals surface area contributed by atoms with E-state index < -0.39 is 151 Å². The molecule has 444 valence electrons. The lowest BCUT2D eigenvalue weighted by Crippen LogP contribution is -2.61. The zero-order chi connectivity index (χ0) is 60.8. The lowest BCUT2D eigenvalue weighted by molar-refractivity contribution is -0.138. The Morgan fingerprint density at radius 2 is 0.675 bits per heavy atom. The van der Waals surface area contributed by atoms with Crippen LogP contribution < -0.4 is 65.5 Å². The normalized spacial score (nSPS) is 13.7. The third kappa shape index (κ3) is 24.4. The highest BCUT2D eigenvalue weighted by molar-refractivity contribution is 5.99. The molecule has 0 fully saturated rings. The number of hydrogen-bond donors (Lipinski definition) is 13. The molecule has 25 nitrogen and oxygen atoms in total. The van der Waals surface area contributed by atoms with Crippen molar-refractivity contribution in [2.24, 2.45) is 22.9 Å². The molecule has 4 aromatic carbocycles. The molecule has 0 heterocycles. The van der Waals surface area contributed by atoms with Crippen molar-refractivity contribution in [1.29, 1.82) is 0 Å². The van der Waals surface area contributed by atoms with Crippen LogP contribution in [-0.2, 0) is 83.2 Å². The number of nitrogens with one attached hydrogen (secondary N) is 8. The van der Waals surface area contributed by atoms with Crippen molar-refractivity contribution in [2.75, 3.05) is 6.54 Å². The Bertz CT molecular complexity index is 2850. The number of unbranched alkanes of at least 4 members (excludes halogenated alkanes) is 1. The number of primary amides is 3. The van der Waals surface area contributed by atoms with Crippen molar-refractivity contribution in [3.8, 4) is 0 Å². The van der Waals surface area contributed by atoms with Gasteiger partial charge in [0.1, 0.15) is 48.3 Å². The molecule has 25 heteroatoms. The summed E-state index contributed by atoms with van der Waals surface area (Å²) in [6.07, 6.45) is -2.32. The molecule has 0 spiro atoms. The Labute approximate surface area is 480 Å². The molecule has 4 rings (SSSR count). The molecule has 0 saturated carbocycles. The number of carbonyl (C=O) groups excluding carboxylic acids is 11. The minimum Gasteiger partial charge on any atom is -0.481 e. The largest absolute Gasteiger partial charge is 0.481 e. The Morgan fingerprint density at radius 3 is 0.988 bits per heavy atom. The Balaban J connectivity index is 1.65. The summed E-state index contributed by atoms with van der Waals surface area (Å²) in [6.45, 7) is 1.52. The van der Waals surface area contributed by atoms with Gasteiger partial charge >= 0.3 is 5.97 Å². The quantitative estimate of drug-likeness (QED) is 0.0230. The van der Waals surface area contributed by atoms with Gasteiger partial charge in [0.15, 0.2) is 0 Å². The highest BCUT2D eigenvalue weighted by Gasteiger charge is 2.36. The minimum absolute atomic E-state index is 0.00191. The van der Waals surface area contributed by atoms with Gasteiger partial charge in [-0.2, -0.15) is 0 Å². The molecule has 8 atom stereocenters. The number of aliphatic carboxylic acids is 1. The molecule has 17 N–H and O–H groups in total. The molecule has 0 radical (unpaired) electrons. The number of benzene rings is 4. The molecule has 0 saturated heterocycles. The predicted molar refractivity (Wildman–Crippen MR) is 303 cm³/mol. The van der Waals surface area contributed by atoms with E-state index in [1.54, 1.807) is 121 Å². The van der Waals surface area contributed by atoms with E-state index in [0.717, 1.165) is 0 Å². The Kier molecular flexibility index (Phi) is 27.5. The molecule has 0 aliphatic carbocycles. The van der Waals surface area contributed by atoms with Crippen LogP contribution in [0.15, 0.2) is 121 Å². The van der Waals surface area contributed by atoms with Gasteiger partial charge in [0.2, 0.25) is 65.0 Å². The zero-order valence-electron chi connectivity index (χ0n) is 46.0. The molecule has 0 bridgehead atoms. The number of hydrogen-bond acceptors (Lipinski definition) is 13. The van der Waals surface area contributed by atoms with Crippen LogP contribution in [0.2, 0.25) is 0 Å². The molecule has 11 amide bonds. The van der Waals surface area contributed by atoms with Crippen molar-refractivity contribution in [2.45, 2.75) is 132 Å². The second-order valence-electron chi connectivity index (χ2n) is 19.7. The molecule has 0 aliphatic heterocycles.